The molecule has 0 fully saturated rings. The van der Waals surface area contributed by atoms with Crippen molar-refractivity contribution in [2.45, 2.75) is 26.4 Å². The van der Waals surface area contributed by atoms with Crippen molar-refractivity contribution in [1.29, 1.82) is 0 Å². The molecule has 0 radical (unpaired) electrons. The molecule has 0 unspecified atom stereocenters. The van der Waals surface area contributed by atoms with Gasteiger partial charge in [-0.25, -0.2) is 0 Å². The first-order valence-corrected chi connectivity index (χ1v) is 12.7. The summed E-state index contributed by atoms with van der Waals surface area (Å²) in [7, 11) is 0. The molecular weight excluding hydrogens is 472 g/mol. The summed E-state index contributed by atoms with van der Waals surface area (Å²) in [5.74, 6) is 2.39. The molecule has 0 aliphatic heterocycles. The van der Waals surface area contributed by atoms with Gasteiger partial charge < -0.3 is 18.9 Å². The number of hydrogen-bond acceptors (Lipinski definition) is 4. The summed E-state index contributed by atoms with van der Waals surface area (Å²) in [5, 5.41) is 0. The van der Waals surface area contributed by atoms with Gasteiger partial charge in [0, 0.05) is 12.1 Å². The maximum Gasteiger partial charge on any atom is 0.165 e. The molecule has 0 amide bonds. The van der Waals surface area contributed by atoms with E-state index in [2.05, 4.69) is 0 Å². The van der Waals surface area contributed by atoms with Gasteiger partial charge in [0.1, 0.15) is 26.4 Å². The summed E-state index contributed by atoms with van der Waals surface area (Å²) >= 11 is 0. The number of benzene rings is 5. The summed E-state index contributed by atoms with van der Waals surface area (Å²) < 4.78 is 25.0. The Kier molecular flexibility index (Phi) is 8.56. The zero-order valence-corrected chi connectivity index (χ0v) is 21.2. The third-order valence-electron chi connectivity index (χ3n) is 5.96. The lowest BCUT2D eigenvalue weighted by atomic mass is 10.2. The molecule has 0 bridgehead atoms. The maximum atomic E-state index is 6.26. The fourth-order valence-corrected chi connectivity index (χ4v) is 3.92. The van der Waals surface area contributed by atoms with Gasteiger partial charge >= 0.3 is 0 Å². The van der Waals surface area contributed by atoms with Crippen molar-refractivity contribution in [3.63, 3.8) is 0 Å². The van der Waals surface area contributed by atoms with E-state index in [-0.39, 0.29) is 0 Å². The van der Waals surface area contributed by atoms with Gasteiger partial charge in [-0.1, -0.05) is 121 Å². The molecule has 0 N–H and O–H groups in total. The van der Waals surface area contributed by atoms with Crippen molar-refractivity contribution in [3.05, 3.63) is 156 Å². The van der Waals surface area contributed by atoms with Crippen molar-refractivity contribution in [2.75, 3.05) is 0 Å². The van der Waals surface area contributed by atoms with Crippen molar-refractivity contribution in [2.24, 2.45) is 0 Å². The van der Waals surface area contributed by atoms with E-state index in [0.29, 0.717) is 49.4 Å². The Morgan fingerprint density at radius 2 is 0.500 bits per heavy atom. The van der Waals surface area contributed by atoms with Crippen LogP contribution in [0.15, 0.2) is 133 Å². The van der Waals surface area contributed by atoms with Gasteiger partial charge in [0.15, 0.2) is 23.0 Å². The van der Waals surface area contributed by atoms with Crippen LogP contribution in [0, 0.1) is 0 Å². The number of ether oxygens (including phenoxy) is 4. The Morgan fingerprint density at radius 3 is 0.711 bits per heavy atom. The van der Waals surface area contributed by atoms with E-state index >= 15 is 0 Å². The Bertz CT molecular complexity index is 1170. The lowest BCUT2D eigenvalue weighted by Crippen LogP contribution is -2.04. The summed E-state index contributed by atoms with van der Waals surface area (Å²) in [6.07, 6.45) is 0. The molecule has 5 aromatic carbocycles. The molecule has 4 nitrogen and oxygen atoms in total. The van der Waals surface area contributed by atoms with Crippen LogP contribution in [0.25, 0.3) is 0 Å². The predicted octanol–water partition coefficient (Wildman–Crippen LogP) is 8.00. The molecular formula is C34H30O4. The molecule has 190 valence electrons. The molecule has 38 heavy (non-hydrogen) atoms. The zero-order chi connectivity index (χ0) is 25.8. The van der Waals surface area contributed by atoms with Crippen molar-refractivity contribution in [1.82, 2.24) is 0 Å². The SMILES string of the molecule is c1ccc(COc2cc(OCc3ccccc3)c(OCc3ccccc3)cc2OCc2ccccc2)cc1. The van der Waals surface area contributed by atoms with E-state index in [9.17, 15) is 0 Å². The Labute approximate surface area is 224 Å². The molecule has 0 spiro atoms. The minimum Gasteiger partial charge on any atom is -0.485 e. The van der Waals surface area contributed by atoms with E-state index in [1.54, 1.807) is 0 Å². The van der Waals surface area contributed by atoms with Crippen molar-refractivity contribution >= 4 is 0 Å². The summed E-state index contributed by atoms with van der Waals surface area (Å²) in [6.45, 7) is 1.63. The van der Waals surface area contributed by atoms with Crippen LogP contribution in [0.2, 0.25) is 0 Å². The first kappa shape index (κ1) is 25.0. The third kappa shape index (κ3) is 7.17. The minimum atomic E-state index is 0.408. The minimum absolute atomic E-state index is 0.408. The highest BCUT2D eigenvalue weighted by atomic mass is 16.5. The molecule has 4 heteroatoms. The average Bonchev–Trinajstić information content (AvgIpc) is 2.99. The normalized spacial score (nSPS) is 10.5. The molecule has 0 atom stereocenters. The van der Waals surface area contributed by atoms with Gasteiger partial charge in [0.2, 0.25) is 0 Å². The first-order chi connectivity index (χ1) is 18.8. The lowest BCUT2D eigenvalue weighted by Gasteiger charge is -2.19. The van der Waals surface area contributed by atoms with Crippen LogP contribution in [-0.2, 0) is 26.4 Å². The molecule has 0 saturated carbocycles. The monoisotopic (exact) mass is 502 g/mol. The zero-order valence-electron chi connectivity index (χ0n) is 21.2. The topological polar surface area (TPSA) is 36.9 Å². The largest absolute Gasteiger partial charge is 0.485 e. The highest BCUT2D eigenvalue weighted by Gasteiger charge is 2.16. The second-order valence-electron chi connectivity index (χ2n) is 8.84. The van der Waals surface area contributed by atoms with E-state index in [4.69, 9.17) is 18.9 Å². The molecule has 5 aromatic rings. The second kappa shape index (κ2) is 13.0. The highest BCUT2D eigenvalue weighted by molar-refractivity contribution is 5.54. The highest BCUT2D eigenvalue weighted by Crippen LogP contribution is 2.41. The Hall–Kier alpha value is -4.70. The van der Waals surface area contributed by atoms with Crippen LogP contribution in [0.5, 0.6) is 23.0 Å². The standard InChI is InChI=1S/C34H30O4/c1-5-13-27(14-6-1)23-35-31-21-33(37-25-29-17-9-3-10-18-29)34(38-26-30-19-11-4-12-20-30)22-32(31)36-24-28-15-7-2-8-16-28/h1-22H,23-26H2. The van der Waals surface area contributed by atoms with Gasteiger partial charge in [-0.3, -0.25) is 0 Å². The van der Waals surface area contributed by atoms with E-state index in [1.165, 1.54) is 0 Å². The predicted molar refractivity (Wildman–Crippen MR) is 150 cm³/mol. The molecule has 0 aromatic heterocycles. The Morgan fingerprint density at radius 1 is 0.289 bits per heavy atom. The van der Waals surface area contributed by atoms with Crippen molar-refractivity contribution < 1.29 is 18.9 Å². The summed E-state index contributed by atoms with van der Waals surface area (Å²) in [4.78, 5) is 0. The molecule has 0 heterocycles. The number of rotatable bonds is 12. The van der Waals surface area contributed by atoms with Crippen LogP contribution >= 0.6 is 0 Å². The van der Waals surface area contributed by atoms with Crippen LogP contribution in [0.1, 0.15) is 22.3 Å². The van der Waals surface area contributed by atoms with E-state index < -0.39 is 0 Å². The quantitative estimate of drug-likeness (QED) is 0.173. The third-order valence-corrected chi connectivity index (χ3v) is 5.96. The van der Waals surface area contributed by atoms with Crippen LogP contribution in [0.4, 0.5) is 0 Å². The second-order valence-corrected chi connectivity index (χ2v) is 8.84. The van der Waals surface area contributed by atoms with Gasteiger partial charge in [-0.2, -0.15) is 0 Å². The van der Waals surface area contributed by atoms with E-state index in [1.807, 2.05) is 133 Å². The average molecular weight is 503 g/mol. The smallest absolute Gasteiger partial charge is 0.165 e. The van der Waals surface area contributed by atoms with Crippen LogP contribution in [0.3, 0.4) is 0 Å². The summed E-state index contributed by atoms with van der Waals surface area (Å²) in [6, 6.07) is 44.0. The first-order valence-electron chi connectivity index (χ1n) is 12.7. The van der Waals surface area contributed by atoms with Gasteiger partial charge in [-0.05, 0) is 22.3 Å². The molecule has 0 aliphatic carbocycles. The summed E-state index contributed by atoms with van der Waals surface area (Å²) in [5.41, 5.74) is 4.27. The van der Waals surface area contributed by atoms with Crippen LogP contribution < -0.4 is 18.9 Å². The van der Waals surface area contributed by atoms with Gasteiger partial charge in [0.25, 0.3) is 0 Å². The number of hydrogen-bond donors (Lipinski definition) is 0. The van der Waals surface area contributed by atoms with Gasteiger partial charge in [0.05, 0.1) is 0 Å². The van der Waals surface area contributed by atoms with E-state index in [0.717, 1.165) is 22.3 Å². The molecule has 0 aliphatic rings. The lowest BCUT2D eigenvalue weighted by molar-refractivity contribution is 0.235. The van der Waals surface area contributed by atoms with Crippen molar-refractivity contribution in [3.8, 4) is 23.0 Å². The van der Waals surface area contributed by atoms with Gasteiger partial charge in [-0.15, -0.1) is 0 Å². The Balaban J connectivity index is 1.44. The van der Waals surface area contributed by atoms with Crippen LogP contribution in [-0.4, -0.2) is 0 Å². The molecule has 0 saturated heterocycles. The fraction of sp³-hybridized carbons (Fsp3) is 0.118. The molecule has 5 rings (SSSR count). The fourth-order valence-electron chi connectivity index (χ4n) is 3.92. The maximum absolute atomic E-state index is 6.26.